The lowest BCUT2D eigenvalue weighted by molar-refractivity contribution is 0.103. The third-order valence-corrected chi connectivity index (χ3v) is 3.97. The predicted molar refractivity (Wildman–Crippen MR) is 87.0 cm³/mol. The van der Waals surface area contributed by atoms with Crippen LogP contribution < -0.4 is 5.32 Å². The van der Waals surface area contributed by atoms with Gasteiger partial charge in [0.15, 0.2) is 0 Å². The Balaban J connectivity index is 2.11. The van der Waals surface area contributed by atoms with Gasteiger partial charge in [0.25, 0.3) is 5.91 Å². The number of nitrogens with one attached hydrogen (secondary N) is 1. The van der Waals surface area contributed by atoms with Crippen molar-refractivity contribution >= 4 is 34.5 Å². The van der Waals surface area contributed by atoms with Crippen molar-refractivity contribution < 1.29 is 9.90 Å². The largest absolute Gasteiger partial charge is 0.395 e. The summed E-state index contributed by atoms with van der Waals surface area (Å²) in [5.74, 6) is 5.66. The minimum Gasteiger partial charge on any atom is -0.395 e. The maximum absolute atomic E-state index is 12.1. The summed E-state index contributed by atoms with van der Waals surface area (Å²) in [6.07, 6.45) is 0.455. The van der Waals surface area contributed by atoms with E-state index in [4.69, 9.17) is 16.7 Å². The van der Waals surface area contributed by atoms with Gasteiger partial charge in [-0.15, -0.1) is 11.3 Å². The molecule has 3 nitrogen and oxygen atoms in total. The van der Waals surface area contributed by atoms with Gasteiger partial charge in [-0.05, 0) is 42.8 Å². The van der Waals surface area contributed by atoms with E-state index in [2.05, 4.69) is 17.2 Å². The van der Waals surface area contributed by atoms with Gasteiger partial charge in [-0.25, -0.2) is 0 Å². The van der Waals surface area contributed by atoms with Crippen molar-refractivity contribution in [2.24, 2.45) is 0 Å². The molecule has 2 rings (SSSR count). The second kappa shape index (κ2) is 7.28. The third kappa shape index (κ3) is 4.33. The molecule has 21 heavy (non-hydrogen) atoms. The number of rotatable bonds is 3. The second-order valence-corrected chi connectivity index (χ2v) is 6.08. The maximum Gasteiger partial charge on any atom is 0.265 e. The molecule has 5 heteroatoms. The molecular formula is C16H14ClNO2S. The Bertz CT molecular complexity index is 713. The summed E-state index contributed by atoms with van der Waals surface area (Å²) < 4.78 is 0.589. The number of carbonyl (C=O) groups excluding carboxylic acids is 1. The SMILES string of the molecule is Cc1cc(C#CCCO)ccc1NC(=O)c1ccc(Cl)s1. The van der Waals surface area contributed by atoms with E-state index in [9.17, 15) is 4.79 Å². The molecule has 0 aliphatic rings. The topological polar surface area (TPSA) is 49.3 Å². The molecule has 0 aliphatic carbocycles. The average Bonchev–Trinajstić information content (AvgIpc) is 2.89. The van der Waals surface area contributed by atoms with Crippen LogP contribution in [0.25, 0.3) is 0 Å². The molecular weight excluding hydrogens is 306 g/mol. The first-order valence-corrected chi connectivity index (χ1v) is 7.56. The zero-order valence-electron chi connectivity index (χ0n) is 11.4. The molecule has 1 aromatic heterocycles. The van der Waals surface area contributed by atoms with Crippen molar-refractivity contribution in [3.05, 3.63) is 50.7 Å². The molecule has 0 spiro atoms. The van der Waals surface area contributed by atoms with Crippen molar-refractivity contribution in [2.45, 2.75) is 13.3 Å². The van der Waals surface area contributed by atoms with E-state index < -0.39 is 0 Å². The minimum atomic E-state index is -0.172. The molecule has 1 heterocycles. The standard InChI is InChI=1S/C16H14ClNO2S/c1-11-10-12(4-2-3-9-19)5-6-13(11)18-16(20)14-7-8-15(17)21-14/h5-8,10,19H,3,9H2,1H3,(H,18,20). The highest BCUT2D eigenvalue weighted by Crippen LogP contribution is 2.23. The lowest BCUT2D eigenvalue weighted by Crippen LogP contribution is -2.11. The number of hydrogen-bond donors (Lipinski definition) is 2. The van der Waals surface area contributed by atoms with Crippen LogP contribution in [0.5, 0.6) is 0 Å². The molecule has 1 aromatic carbocycles. The summed E-state index contributed by atoms with van der Waals surface area (Å²) >= 11 is 7.07. The Kier molecular flexibility index (Phi) is 5.40. The number of aliphatic hydroxyl groups is 1. The zero-order chi connectivity index (χ0) is 15.2. The van der Waals surface area contributed by atoms with Crippen LogP contribution >= 0.6 is 22.9 Å². The van der Waals surface area contributed by atoms with Gasteiger partial charge in [-0.3, -0.25) is 4.79 Å². The van der Waals surface area contributed by atoms with Gasteiger partial charge in [0.05, 0.1) is 15.8 Å². The van der Waals surface area contributed by atoms with Gasteiger partial charge in [0, 0.05) is 17.7 Å². The second-order valence-electron chi connectivity index (χ2n) is 4.36. The number of carbonyl (C=O) groups is 1. The minimum absolute atomic E-state index is 0.0590. The van der Waals surface area contributed by atoms with Crippen molar-refractivity contribution in [1.29, 1.82) is 0 Å². The number of aryl methyl sites for hydroxylation is 1. The van der Waals surface area contributed by atoms with E-state index in [0.717, 1.165) is 16.8 Å². The van der Waals surface area contributed by atoms with Crippen LogP contribution in [0.1, 0.15) is 27.2 Å². The monoisotopic (exact) mass is 319 g/mol. The molecule has 2 N–H and O–H groups in total. The van der Waals surface area contributed by atoms with Crippen LogP contribution in [0.2, 0.25) is 4.34 Å². The first kappa shape index (κ1) is 15.6. The number of amides is 1. The van der Waals surface area contributed by atoms with Crippen molar-refractivity contribution in [1.82, 2.24) is 0 Å². The summed E-state index contributed by atoms with van der Waals surface area (Å²) in [5.41, 5.74) is 2.54. The number of halogens is 1. The average molecular weight is 320 g/mol. The molecule has 0 aliphatic heterocycles. The molecule has 108 valence electrons. The smallest absolute Gasteiger partial charge is 0.265 e. The fraction of sp³-hybridized carbons (Fsp3) is 0.188. The fourth-order valence-electron chi connectivity index (χ4n) is 1.72. The van der Waals surface area contributed by atoms with Crippen molar-refractivity contribution in [3.8, 4) is 11.8 Å². The number of thiophene rings is 1. The highest BCUT2D eigenvalue weighted by Gasteiger charge is 2.10. The third-order valence-electron chi connectivity index (χ3n) is 2.74. The molecule has 0 saturated carbocycles. The molecule has 0 unspecified atom stereocenters. The van der Waals surface area contributed by atoms with E-state index >= 15 is 0 Å². The van der Waals surface area contributed by atoms with E-state index in [1.807, 2.05) is 25.1 Å². The lowest BCUT2D eigenvalue weighted by Gasteiger charge is -2.07. The van der Waals surface area contributed by atoms with E-state index in [-0.39, 0.29) is 12.5 Å². The summed E-state index contributed by atoms with van der Waals surface area (Å²) in [4.78, 5) is 12.6. The summed E-state index contributed by atoms with van der Waals surface area (Å²) in [6, 6.07) is 8.97. The van der Waals surface area contributed by atoms with Gasteiger partial charge in [-0.1, -0.05) is 23.4 Å². The number of anilines is 1. The van der Waals surface area contributed by atoms with Crippen LogP contribution in [0.4, 0.5) is 5.69 Å². The quantitative estimate of drug-likeness (QED) is 0.848. The van der Waals surface area contributed by atoms with Crippen LogP contribution in [-0.2, 0) is 0 Å². The van der Waals surface area contributed by atoms with Crippen LogP contribution in [0.15, 0.2) is 30.3 Å². The van der Waals surface area contributed by atoms with Gasteiger partial charge in [-0.2, -0.15) is 0 Å². The van der Waals surface area contributed by atoms with Crippen molar-refractivity contribution in [3.63, 3.8) is 0 Å². The molecule has 0 radical (unpaired) electrons. The molecule has 1 amide bonds. The first-order chi connectivity index (χ1) is 10.1. The Labute approximate surface area is 132 Å². The van der Waals surface area contributed by atoms with Crippen LogP contribution in [-0.4, -0.2) is 17.6 Å². The molecule has 0 atom stereocenters. The molecule has 0 saturated heterocycles. The molecule has 0 bridgehead atoms. The number of aliphatic hydroxyl groups excluding tert-OH is 1. The number of hydrogen-bond acceptors (Lipinski definition) is 3. The number of benzene rings is 1. The normalized spacial score (nSPS) is 9.86. The van der Waals surface area contributed by atoms with Gasteiger partial charge < -0.3 is 10.4 Å². The first-order valence-electron chi connectivity index (χ1n) is 6.37. The molecule has 0 fully saturated rings. The summed E-state index contributed by atoms with van der Waals surface area (Å²) in [5, 5.41) is 11.6. The summed E-state index contributed by atoms with van der Waals surface area (Å²) in [7, 11) is 0. The Morgan fingerprint density at radius 3 is 2.81 bits per heavy atom. The van der Waals surface area contributed by atoms with Crippen molar-refractivity contribution in [2.75, 3.05) is 11.9 Å². The Hall–Kier alpha value is -1.80. The van der Waals surface area contributed by atoms with E-state index in [0.29, 0.717) is 15.6 Å². The lowest BCUT2D eigenvalue weighted by atomic mass is 10.1. The highest BCUT2D eigenvalue weighted by molar-refractivity contribution is 7.18. The van der Waals surface area contributed by atoms with Gasteiger partial charge in [0.2, 0.25) is 0 Å². The van der Waals surface area contributed by atoms with E-state index in [1.54, 1.807) is 12.1 Å². The maximum atomic E-state index is 12.1. The Morgan fingerprint density at radius 2 is 2.19 bits per heavy atom. The highest BCUT2D eigenvalue weighted by atomic mass is 35.5. The van der Waals surface area contributed by atoms with E-state index in [1.165, 1.54) is 11.3 Å². The van der Waals surface area contributed by atoms with Gasteiger partial charge >= 0.3 is 0 Å². The van der Waals surface area contributed by atoms with Crippen LogP contribution in [0, 0.1) is 18.8 Å². The van der Waals surface area contributed by atoms with Gasteiger partial charge in [0.1, 0.15) is 0 Å². The Morgan fingerprint density at radius 1 is 1.38 bits per heavy atom. The fourth-order valence-corrected chi connectivity index (χ4v) is 2.66. The summed E-state index contributed by atoms with van der Waals surface area (Å²) in [6.45, 7) is 1.97. The van der Waals surface area contributed by atoms with Crippen LogP contribution in [0.3, 0.4) is 0 Å². The molecule has 2 aromatic rings. The predicted octanol–water partition coefficient (Wildman–Crippen LogP) is 3.70. The zero-order valence-corrected chi connectivity index (χ0v) is 13.0.